The standard InChI is InChI=1S/C15H21N3O2/c1-16-14-8-5-11-17(12-14)10-4-7-13-6-2-3-9-15(13)18(19)20/h2-4,6-7,9,14,16H,5,8,10-12H2,1H3/b7-4+. The molecule has 1 aromatic carbocycles. The average Bonchev–Trinajstić information content (AvgIpc) is 2.48. The van der Waals surface area contributed by atoms with Gasteiger partial charge in [0.2, 0.25) is 0 Å². The van der Waals surface area contributed by atoms with Gasteiger partial charge in [0.15, 0.2) is 0 Å². The van der Waals surface area contributed by atoms with Crippen LogP contribution in [0, 0.1) is 10.1 Å². The molecule has 1 unspecified atom stereocenters. The third kappa shape index (κ3) is 3.88. The molecule has 1 heterocycles. The summed E-state index contributed by atoms with van der Waals surface area (Å²) in [6.07, 6.45) is 6.28. The van der Waals surface area contributed by atoms with Crippen LogP contribution in [0.4, 0.5) is 5.69 Å². The fourth-order valence-corrected chi connectivity index (χ4v) is 2.58. The van der Waals surface area contributed by atoms with E-state index in [4.69, 9.17) is 0 Å². The Morgan fingerprint density at radius 3 is 3.05 bits per heavy atom. The van der Waals surface area contributed by atoms with Gasteiger partial charge in [-0.25, -0.2) is 0 Å². The minimum absolute atomic E-state index is 0.162. The first-order valence-corrected chi connectivity index (χ1v) is 7.00. The molecule has 108 valence electrons. The molecule has 1 saturated heterocycles. The van der Waals surface area contributed by atoms with Crippen LogP contribution in [0.25, 0.3) is 6.08 Å². The minimum Gasteiger partial charge on any atom is -0.316 e. The molecule has 1 atom stereocenters. The molecule has 0 aliphatic carbocycles. The van der Waals surface area contributed by atoms with Crippen molar-refractivity contribution in [1.82, 2.24) is 10.2 Å². The average molecular weight is 275 g/mol. The Balaban J connectivity index is 1.95. The van der Waals surface area contributed by atoms with Crippen LogP contribution in [0.15, 0.2) is 30.3 Å². The number of nitrogens with zero attached hydrogens (tertiary/aromatic N) is 2. The summed E-state index contributed by atoms with van der Waals surface area (Å²) < 4.78 is 0. The number of nitro benzene ring substituents is 1. The van der Waals surface area contributed by atoms with Gasteiger partial charge in [0.25, 0.3) is 5.69 Å². The van der Waals surface area contributed by atoms with Gasteiger partial charge in [-0.1, -0.05) is 24.3 Å². The predicted octanol–water partition coefficient (Wildman–Crippen LogP) is 2.29. The fraction of sp³-hybridized carbons (Fsp3) is 0.467. The zero-order valence-corrected chi connectivity index (χ0v) is 11.8. The molecule has 1 aromatic rings. The largest absolute Gasteiger partial charge is 0.316 e. The van der Waals surface area contributed by atoms with E-state index in [1.165, 1.54) is 18.9 Å². The van der Waals surface area contributed by atoms with Gasteiger partial charge in [-0.3, -0.25) is 15.0 Å². The van der Waals surface area contributed by atoms with Gasteiger partial charge < -0.3 is 5.32 Å². The van der Waals surface area contributed by atoms with Crippen molar-refractivity contribution < 1.29 is 4.92 Å². The Morgan fingerprint density at radius 2 is 2.30 bits per heavy atom. The van der Waals surface area contributed by atoms with Crippen molar-refractivity contribution in [3.63, 3.8) is 0 Å². The highest BCUT2D eigenvalue weighted by Crippen LogP contribution is 2.19. The first-order valence-electron chi connectivity index (χ1n) is 7.00. The molecule has 5 heteroatoms. The second-order valence-corrected chi connectivity index (χ2v) is 5.11. The summed E-state index contributed by atoms with van der Waals surface area (Å²) >= 11 is 0. The second-order valence-electron chi connectivity index (χ2n) is 5.11. The van der Waals surface area contributed by atoms with E-state index in [0.717, 1.165) is 19.6 Å². The highest BCUT2D eigenvalue weighted by Gasteiger charge is 2.17. The van der Waals surface area contributed by atoms with Crippen molar-refractivity contribution in [1.29, 1.82) is 0 Å². The van der Waals surface area contributed by atoms with Gasteiger partial charge in [-0.05, 0) is 32.5 Å². The topological polar surface area (TPSA) is 58.4 Å². The number of hydrogen-bond acceptors (Lipinski definition) is 4. The summed E-state index contributed by atoms with van der Waals surface area (Å²) in [5.74, 6) is 0. The molecule has 0 radical (unpaired) electrons. The van der Waals surface area contributed by atoms with E-state index in [2.05, 4.69) is 10.2 Å². The van der Waals surface area contributed by atoms with Gasteiger partial charge in [0, 0.05) is 25.2 Å². The number of piperidine rings is 1. The van der Waals surface area contributed by atoms with Crippen LogP contribution in [0.2, 0.25) is 0 Å². The minimum atomic E-state index is -0.336. The Labute approximate surface area is 119 Å². The summed E-state index contributed by atoms with van der Waals surface area (Å²) in [6, 6.07) is 7.39. The summed E-state index contributed by atoms with van der Waals surface area (Å²) in [4.78, 5) is 13.0. The summed E-state index contributed by atoms with van der Waals surface area (Å²) in [6.45, 7) is 2.97. The van der Waals surface area contributed by atoms with Crippen molar-refractivity contribution >= 4 is 11.8 Å². The van der Waals surface area contributed by atoms with Crippen LogP contribution in [0.1, 0.15) is 18.4 Å². The van der Waals surface area contributed by atoms with E-state index in [0.29, 0.717) is 11.6 Å². The monoisotopic (exact) mass is 275 g/mol. The SMILES string of the molecule is CNC1CCCN(C/C=C/c2ccccc2[N+](=O)[O-])C1. The van der Waals surface area contributed by atoms with Crippen LogP contribution in [0.5, 0.6) is 0 Å². The Kier molecular flexibility index (Phi) is 5.26. The van der Waals surface area contributed by atoms with Crippen molar-refractivity contribution in [2.45, 2.75) is 18.9 Å². The first-order chi connectivity index (χ1) is 9.70. The van der Waals surface area contributed by atoms with E-state index in [9.17, 15) is 10.1 Å². The third-order valence-electron chi connectivity index (χ3n) is 3.71. The van der Waals surface area contributed by atoms with Gasteiger partial charge in [0.1, 0.15) is 0 Å². The van der Waals surface area contributed by atoms with E-state index in [-0.39, 0.29) is 10.6 Å². The summed E-state index contributed by atoms with van der Waals surface area (Å²) in [5, 5.41) is 14.2. The van der Waals surface area contributed by atoms with E-state index >= 15 is 0 Å². The Hall–Kier alpha value is -1.72. The number of likely N-dealkylation sites (N-methyl/N-ethyl adjacent to an activating group) is 1. The molecule has 0 amide bonds. The molecule has 0 bridgehead atoms. The number of hydrogen-bond donors (Lipinski definition) is 1. The quantitative estimate of drug-likeness (QED) is 0.661. The Morgan fingerprint density at radius 1 is 1.50 bits per heavy atom. The van der Waals surface area contributed by atoms with Crippen molar-refractivity contribution in [3.8, 4) is 0 Å². The first kappa shape index (κ1) is 14.7. The number of rotatable bonds is 5. The normalized spacial score (nSPS) is 20.4. The van der Waals surface area contributed by atoms with Crippen LogP contribution in [-0.2, 0) is 0 Å². The predicted molar refractivity (Wildman–Crippen MR) is 80.7 cm³/mol. The number of para-hydroxylation sites is 1. The van der Waals surface area contributed by atoms with Crippen molar-refractivity contribution in [3.05, 3.63) is 46.0 Å². The summed E-state index contributed by atoms with van der Waals surface area (Å²) in [5.41, 5.74) is 0.829. The molecule has 1 aliphatic rings. The maximum atomic E-state index is 10.9. The third-order valence-corrected chi connectivity index (χ3v) is 3.71. The molecule has 2 rings (SSSR count). The lowest BCUT2D eigenvalue weighted by Gasteiger charge is -2.31. The molecule has 5 nitrogen and oxygen atoms in total. The lowest BCUT2D eigenvalue weighted by atomic mass is 10.1. The molecule has 1 aliphatic heterocycles. The van der Waals surface area contributed by atoms with E-state index < -0.39 is 0 Å². The van der Waals surface area contributed by atoms with Crippen molar-refractivity contribution in [2.75, 3.05) is 26.7 Å². The number of likely N-dealkylation sites (tertiary alicyclic amines) is 1. The molecule has 0 spiro atoms. The van der Waals surface area contributed by atoms with Crippen molar-refractivity contribution in [2.24, 2.45) is 0 Å². The molecule has 0 saturated carbocycles. The molecular weight excluding hydrogens is 254 g/mol. The van der Waals surface area contributed by atoms with E-state index in [1.54, 1.807) is 12.1 Å². The molecule has 1 N–H and O–H groups in total. The van der Waals surface area contributed by atoms with Gasteiger partial charge >= 0.3 is 0 Å². The highest BCUT2D eigenvalue weighted by atomic mass is 16.6. The second kappa shape index (κ2) is 7.17. The van der Waals surface area contributed by atoms with Gasteiger partial charge in [0.05, 0.1) is 10.5 Å². The Bertz CT molecular complexity index is 488. The van der Waals surface area contributed by atoms with Crippen LogP contribution < -0.4 is 5.32 Å². The smallest absolute Gasteiger partial charge is 0.276 e. The maximum absolute atomic E-state index is 10.9. The lowest BCUT2D eigenvalue weighted by molar-refractivity contribution is -0.385. The molecule has 1 fully saturated rings. The van der Waals surface area contributed by atoms with Crippen LogP contribution >= 0.6 is 0 Å². The zero-order chi connectivity index (χ0) is 14.4. The molecule has 20 heavy (non-hydrogen) atoms. The molecular formula is C15H21N3O2. The lowest BCUT2D eigenvalue weighted by Crippen LogP contribution is -2.44. The highest BCUT2D eigenvalue weighted by molar-refractivity contribution is 5.60. The number of nitrogens with one attached hydrogen (secondary N) is 1. The van der Waals surface area contributed by atoms with E-state index in [1.807, 2.05) is 25.3 Å². The summed E-state index contributed by atoms with van der Waals surface area (Å²) in [7, 11) is 2.00. The molecule has 0 aromatic heterocycles. The van der Waals surface area contributed by atoms with Gasteiger partial charge in [-0.15, -0.1) is 0 Å². The maximum Gasteiger partial charge on any atom is 0.276 e. The fourth-order valence-electron chi connectivity index (χ4n) is 2.58. The van der Waals surface area contributed by atoms with Crippen LogP contribution in [-0.4, -0.2) is 42.5 Å². The van der Waals surface area contributed by atoms with Gasteiger partial charge in [-0.2, -0.15) is 0 Å². The number of nitro groups is 1. The number of benzene rings is 1. The van der Waals surface area contributed by atoms with Crippen LogP contribution in [0.3, 0.4) is 0 Å². The zero-order valence-electron chi connectivity index (χ0n) is 11.8.